The van der Waals surface area contributed by atoms with Gasteiger partial charge in [-0.2, -0.15) is 0 Å². The SMILES string of the molecule is NCC1CCC(NC(N)=O)CC1. The first-order valence-corrected chi connectivity index (χ1v) is 4.48. The van der Waals surface area contributed by atoms with Crippen LogP contribution in [0.2, 0.25) is 0 Å². The van der Waals surface area contributed by atoms with Crippen LogP contribution in [0.15, 0.2) is 0 Å². The first-order chi connectivity index (χ1) is 5.72. The van der Waals surface area contributed by atoms with Gasteiger partial charge in [0.1, 0.15) is 0 Å². The highest BCUT2D eigenvalue weighted by Crippen LogP contribution is 2.22. The minimum absolute atomic E-state index is 0.283. The fraction of sp³-hybridized carbons (Fsp3) is 0.875. The normalized spacial score (nSPS) is 29.8. The molecule has 0 spiro atoms. The van der Waals surface area contributed by atoms with Gasteiger partial charge in [0.05, 0.1) is 0 Å². The van der Waals surface area contributed by atoms with Crippen molar-refractivity contribution in [3.8, 4) is 0 Å². The quantitative estimate of drug-likeness (QED) is 0.553. The lowest BCUT2D eigenvalue weighted by Crippen LogP contribution is -2.41. The Morgan fingerprint density at radius 3 is 2.33 bits per heavy atom. The number of hydrogen-bond donors (Lipinski definition) is 3. The first kappa shape index (κ1) is 9.32. The van der Waals surface area contributed by atoms with Crippen molar-refractivity contribution in [1.82, 2.24) is 5.32 Å². The van der Waals surface area contributed by atoms with Gasteiger partial charge in [0.25, 0.3) is 0 Å². The molecule has 0 atom stereocenters. The summed E-state index contributed by atoms with van der Waals surface area (Å²) in [5.41, 5.74) is 10.6. The van der Waals surface area contributed by atoms with E-state index in [0.717, 1.165) is 32.2 Å². The maximum atomic E-state index is 10.5. The molecule has 5 N–H and O–H groups in total. The molecule has 0 bridgehead atoms. The third-order valence-electron chi connectivity index (χ3n) is 2.53. The summed E-state index contributed by atoms with van der Waals surface area (Å²) in [6.45, 7) is 0.767. The van der Waals surface area contributed by atoms with Gasteiger partial charge >= 0.3 is 6.03 Å². The third kappa shape index (κ3) is 2.70. The highest BCUT2D eigenvalue weighted by atomic mass is 16.2. The molecule has 1 aliphatic carbocycles. The van der Waals surface area contributed by atoms with E-state index in [1.165, 1.54) is 0 Å². The largest absolute Gasteiger partial charge is 0.352 e. The van der Waals surface area contributed by atoms with E-state index in [2.05, 4.69) is 5.32 Å². The molecule has 1 saturated carbocycles. The molecule has 0 heterocycles. The predicted molar refractivity (Wildman–Crippen MR) is 47.5 cm³/mol. The Balaban J connectivity index is 2.21. The van der Waals surface area contributed by atoms with Crippen molar-refractivity contribution in [2.75, 3.05) is 6.54 Å². The Hall–Kier alpha value is -0.770. The van der Waals surface area contributed by atoms with Crippen LogP contribution in [0.25, 0.3) is 0 Å². The molecule has 0 aromatic carbocycles. The highest BCUT2D eigenvalue weighted by Gasteiger charge is 2.20. The van der Waals surface area contributed by atoms with E-state index in [0.29, 0.717) is 5.92 Å². The molecule has 0 aromatic rings. The fourth-order valence-corrected chi connectivity index (χ4v) is 1.74. The third-order valence-corrected chi connectivity index (χ3v) is 2.53. The monoisotopic (exact) mass is 171 g/mol. The minimum Gasteiger partial charge on any atom is -0.352 e. The smallest absolute Gasteiger partial charge is 0.312 e. The molecule has 0 saturated heterocycles. The summed E-state index contributed by atoms with van der Waals surface area (Å²) in [7, 11) is 0. The van der Waals surface area contributed by atoms with Gasteiger partial charge < -0.3 is 16.8 Å². The van der Waals surface area contributed by atoms with Crippen LogP contribution in [-0.4, -0.2) is 18.6 Å². The van der Waals surface area contributed by atoms with Crippen molar-refractivity contribution in [2.45, 2.75) is 31.7 Å². The number of carbonyl (C=O) groups is 1. The van der Waals surface area contributed by atoms with E-state index < -0.39 is 6.03 Å². The highest BCUT2D eigenvalue weighted by molar-refractivity contribution is 5.71. The van der Waals surface area contributed by atoms with Gasteiger partial charge in [0, 0.05) is 6.04 Å². The van der Waals surface area contributed by atoms with Crippen LogP contribution >= 0.6 is 0 Å². The van der Waals surface area contributed by atoms with Crippen LogP contribution in [0.3, 0.4) is 0 Å². The number of amides is 2. The van der Waals surface area contributed by atoms with Crippen molar-refractivity contribution in [3.05, 3.63) is 0 Å². The summed E-state index contributed by atoms with van der Waals surface area (Å²) >= 11 is 0. The molecule has 1 fully saturated rings. The molecule has 2 amide bonds. The van der Waals surface area contributed by atoms with E-state index in [-0.39, 0.29) is 6.04 Å². The summed E-state index contributed by atoms with van der Waals surface area (Å²) < 4.78 is 0. The van der Waals surface area contributed by atoms with E-state index in [1.54, 1.807) is 0 Å². The Labute approximate surface area is 72.7 Å². The van der Waals surface area contributed by atoms with E-state index in [4.69, 9.17) is 11.5 Å². The van der Waals surface area contributed by atoms with Crippen LogP contribution in [0.4, 0.5) is 4.79 Å². The van der Waals surface area contributed by atoms with Crippen molar-refractivity contribution in [3.63, 3.8) is 0 Å². The van der Waals surface area contributed by atoms with Gasteiger partial charge in [-0.3, -0.25) is 0 Å². The zero-order valence-electron chi connectivity index (χ0n) is 7.25. The average Bonchev–Trinajstić information content (AvgIpc) is 2.05. The maximum absolute atomic E-state index is 10.5. The standard InChI is InChI=1S/C8H17N3O/c9-5-6-1-3-7(4-2-6)11-8(10)12/h6-7H,1-5,9H2,(H3,10,11,12). The zero-order valence-corrected chi connectivity index (χ0v) is 7.25. The maximum Gasteiger partial charge on any atom is 0.312 e. The fourth-order valence-electron chi connectivity index (χ4n) is 1.74. The molecule has 0 aliphatic heterocycles. The van der Waals surface area contributed by atoms with Gasteiger partial charge in [-0.1, -0.05) is 0 Å². The topological polar surface area (TPSA) is 81.1 Å². The lowest BCUT2D eigenvalue weighted by molar-refractivity contribution is 0.235. The second-order valence-electron chi connectivity index (χ2n) is 3.46. The van der Waals surface area contributed by atoms with Gasteiger partial charge in [-0.05, 0) is 38.1 Å². The molecule has 70 valence electrons. The Kier molecular flexibility index (Phi) is 3.34. The number of hydrogen-bond acceptors (Lipinski definition) is 2. The van der Waals surface area contributed by atoms with Gasteiger partial charge in [-0.25, -0.2) is 4.79 Å². The molecule has 1 aliphatic rings. The van der Waals surface area contributed by atoms with Crippen molar-refractivity contribution in [2.24, 2.45) is 17.4 Å². The molecule has 4 nitrogen and oxygen atoms in total. The van der Waals surface area contributed by atoms with Crippen LogP contribution < -0.4 is 16.8 Å². The number of nitrogens with two attached hydrogens (primary N) is 2. The molecule has 0 radical (unpaired) electrons. The average molecular weight is 171 g/mol. The molecule has 0 unspecified atom stereocenters. The number of carbonyl (C=O) groups excluding carboxylic acids is 1. The molecule has 12 heavy (non-hydrogen) atoms. The van der Waals surface area contributed by atoms with Crippen LogP contribution in [0.5, 0.6) is 0 Å². The number of nitrogens with one attached hydrogen (secondary N) is 1. The minimum atomic E-state index is -0.411. The Morgan fingerprint density at radius 1 is 1.33 bits per heavy atom. The molecular formula is C8H17N3O. The lowest BCUT2D eigenvalue weighted by Gasteiger charge is -2.27. The summed E-state index contributed by atoms with van der Waals surface area (Å²) in [6, 6.07) is -0.128. The summed E-state index contributed by atoms with van der Waals surface area (Å²) in [5, 5.41) is 2.72. The van der Waals surface area contributed by atoms with E-state index in [1.807, 2.05) is 0 Å². The summed E-state index contributed by atoms with van der Waals surface area (Å²) in [5.74, 6) is 0.649. The predicted octanol–water partition coefficient (Wildman–Crippen LogP) is 0.172. The molecule has 0 aromatic heterocycles. The van der Waals surface area contributed by atoms with Crippen molar-refractivity contribution >= 4 is 6.03 Å². The van der Waals surface area contributed by atoms with Crippen LogP contribution in [0, 0.1) is 5.92 Å². The van der Waals surface area contributed by atoms with Crippen molar-refractivity contribution < 1.29 is 4.79 Å². The lowest BCUT2D eigenvalue weighted by atomic mass is 9.86. The van der Waals surface area contributed by atoms with Crippen molar-refractivity contribution in [1.29, 1.82) is 0 Å². The number of primary amides is 1. The number of urea groups is 1. The first-order valence-electron chi connectivity index (χ1n) is 4.48. The second kappa shape index (κ2) is 4.30. The Morgan fingerprint density at radius 2 is 1.92 bits per heavy atom. The molecular weight excluding hydrogens is 154 g/mol. The molecule has 1 rings (SSSR count). The Bertz CT molecular complexity index is 152. The zero-order chi connectivity index (χ0) is 8.97. The second-order valence-corrected chi connectivity index (χ2v) is 3.46. The van der Waals surface area contributed by atoms with Gasteiger partial charge in [0.2, 0.25) is 0 Å². The molecule has 4 heteroatoms. The van der Waals surface area contributed by atoms with Crippen LogP contribution in [0.1, 0.15) is 25.7 Å². The van der Waals surface area contributed by atoms with Gasteiger partial charge in [-0.15, -0.1) is 0 Å². The number of rotatable bonds is 2. The van der Waals surface area contributed by atoms with E-state index in [9.17, 15) is 4.79 Å². The van der Waals surface area contributed by atoms with E-state index >= 15 is 0 Å². The van der Waals surface area contributed by atoms with Crippen LogP contribution in [-0.2, 0) is 0 Å². The van der Waals surface area contributed by atoms with Gasteiger partial charge in [0.15, 0.2) is 0 Å². The summed E-state index contributed by atoms with van der Waals surface area (Å²) in [4.78, 5) is 10.5. The summed E-state index contributed by atoms with van der Waals surface area (Å²) in [6.07, 6.45) is 4.26.